The van der Waals surface area contributed by atoms with Crippen LogP contribution in [0.5, 0.6) is 0 Å². The van der Waals surface area contributed by atoms with Gasteiger partial charge in [-0.2, -0.15) is 0 Å². The molecule has 0 unspecified atom stereocenters. The molecule has 1 aromatic rings. The van der Waals surface area contributed by atoms with E-state index in [1.165, 1.54) is 20.3 Å². The zero-order valence-corrected chi connectivity index (χ0v) is 16.4. The summed E-state index contributed by atoms with van der Waals surface area (Å²) in [6.07, 6.45) is 7.63. The quantitative estimate of drug-likeness (QED) is 0.758. The number of methoxy groups -OCH3 is 2. The predicted molar refractivity (Wildman–Crippen MR) is 107 cm³/mol. The lowest BCUT2D eigenvalue weighted by Crippen LogP contribution is -2.27. The third-order valence-corrected chi connectivity index (χ3v) is 4.12. The number of allylic oxidation sites excluding steroid dienone is 2. The molecule has 0 atom stereocenters. The molecule has 1 aliphatic heterocycles. The summed E-state index contributed by atoms with van der Waals surface area (Å²) in [4.78, 5) is 38.3. The number of benzene rings is 1. The summed E-state index contributed by atoms with van der Waals surface area (Å²) in [6, 6.07) is 5.36. The van der Waals surface area contributed by atoms with Gasteiger partial charge in [-0.1, -0.05) is 19.1 Å². The van der Waals surface area contributed by atoms with Crippen LogP contribution in [0, 0.1) is 6.92 Å². The normalized spacial score (nSPS) is 13.2. The van der Waals surface area contributed by atoms with Crippen LogP contribution in [0.4, 0.5) is 11.4 Å². The number of ether oxygens (including phenoxy) is 2. The van der Waals surface area contributed by atoms with Gasteiger partial charge < -0.3 is 19.7 Å². The van der Waals surface area contributed by atoms with Gasteiger partial charge in [-0.3, -0.25) is 4.79 Å². The number of aryl methyl sites for hydroxylation is 1. The number of rotatable bonds is 6. The molecule has 1 heterocycles. The Balaban J connectivity index is 2.58. The van der Waals surface area contributed by atoms with E-state index >= 15 is 0 Å². The van der Waals surface area contributed by atoms with Crippen molar-refractivity contribution in [1.82, 2.24) is 0 Å². The van der Waals surface area contributed by atoms with E-state index in [1.807, 2.05) is 19.9 Å². The summed E-state index contributed by atoms with van der Waals surface area (Å²) in [5, 5.41) is 2.84. The van der Waals surface area contributed by atoms with Crippen molar-refractivity contribution in [2.75, 3.05) is 24.4 Å². The van der Waals surface area contributed by atoms with Crippen molar-refractivity contribution >= 4 is 29.2 Å². The van der Waals surface area contributed by atoms with Crippen LogP contribution in [0.2, 0.25) is 0 Å². The molecule has 1 aliphatic rings. The van der Waals surface area contributed by atoms with Crippen LogP contribution in [0.25, 0.3) is 0 Å². The Hall–Kier alpha value is -3.35. The molecule has 0 aromatic heterocycles. The van der Waals surface area contributed by atoms with Crippen LogP contribution >= 0.6 is 0 Å². The monoisotopic (exact) mass is 384 g/mol. The van der Waals surface area contributed by atoms with E-state index in [1.54, 1.807) is 35.4 Å². The Morgan fingerprint density at radius 2 is 1.79 bits per heavy atom. The summed E-state index contributed by atoms with van der Waals surface area (Å²) in [7, 11) is 2.49. The lowest BCUT2D eigenvalue weighted by atomic mass is 10.1. The summed E-state index contributed by atoms with van der Waals surface area (Å²) >= 11 is 0. The van der Waals surface area contributed by atoms with Gasteiger partial charge in [0, 0.05) is 18.3 Å². The Morgan fingerprint density at radius 3 is 2.43 bits per heavy atom. The third-order valence-electron chi connectivity index (χ3n) is 4.12. The van der Waals surface area contributed by atoms with Crippen molar-refractivity contribution in [3.63, 3.8) is 0 Å². The highest BCUT2D eigenvalue weighted by molar-refractivity contribution is 6.05. The second-order valence-electron chi connectivity index (χ2n) is 6.12. The molecule has 2 rings (SSSR count). The van der Waals surface area contributed by atoms with Crippen LogP contribution in [-0.4, -0.2) is 32.1 Å². The Labute approximate surface area is 164 Å². The van der Waals surface area contributed by atoms with Crippen LogP contribution in [0.1, 0.15) is 25.3 Å². The molecule has 0 bridgehead atoms. The first-order valence-corrected chi connectivity index (χ1v) is 8.88. The number of carbonyl (C=O) groups is 3. The zero-order valence-electron chi connectivity index (χ0n) is 16.4. The number of nitrogens with one attached hydrogen (secondary N) is 1. The van der Waals surface area contributed by atoms with E-state index in [9.17, 15) is 14.4 Å². The molecule has 1 amide bonds. The van der Waals surface area contributed by atoms with Crippen LogP contribution in [-0.2, 0) is 23.9 Å². The number of anilines is 2. The largest absolute Gasteiger partial charge is 0.465 e. The Morgan fingerprint density at radius 1 is 1.07 bits per heavy atom. The molecule has 7 nitrogen and oxygen atoms in total. The fourth-order valence-corrected chi connectivity index (χ4v) is 2.75. The number of esters is 2. The highest BCUT2D eigenvalue weighted by Crippen LogP contribution is 2.31. The average Bonchev–Trinajstić information content (AvgIpc) is 2.91. The van der Waals surface area contributed by atoms with E-state index < -0.39 is 11.9 Å². The summed E-state index contributed by atoms with van der Waals surface area (Å²) < 4.78 is 9.73. The number of carbonyl (C=O) groups excluding carboxylic acids is 3. The van der Waals surface area contributed by atoms with Crippen LogP contribution < -0.4 is 10.2 Å². The fourth-order valence-electron chi connectivity index (χ4n) is 2.75. The molecule has 148 valence electrons. The maximum atomic E-state index is 12.5. The van der Waals surface area contributed by atoms with Gasteiger partial charge in [-0.25, -0.2) is 9.59 Å². The van der Waals surface area contributed by atoms with Crippen LogP contribution in [0.15, 0.2) is 53.9 Å². The molecule has 0 saturated carbocycles. The van der Waals surface area contributed by atoms with E-state index in [0.717, 1.165) is 12.0 Å². The molecule has 0 radical (unpaired) electrons. The van der Waals surface area contributed by atoms with Crippen molar-refractivity contribution in [2.24, 2.45) is 0 Å². The number of hydrogen-bond donors (Lipinski definition) is 1. The van der Waals surface area contributed by atoms with Crippen molar-refractivity contribution in [3.05, 3.63) is 59.5 Å². The summed E-state index contributed by atoms with van der Waals surface area (Å²) in [5.74, 6) is -1.43. The molecule has 0 saturated heterocycles. The first kappa shape index (κ1) is 21.0. The first-order valence-electron chi connectivity index (χ1n) is 8.88. The predicted octanol–water partition coefficient (Wildman–Crippen LogP) is 3.22. The van der Waals surface area contributed by atoms with Gasteiger partial charge in [0.15, 0.2) is 0 Å². The number of amides is 1. The number of hydrogen-bond acceptors (Lipinski definition) is 6. The molecule has 1 aromatic carbocycles. The van der Waals surface area contributed by atoms with E-state index in [0.29, 0.717) is 17.8 Å². The minimum absolute atomic E-state index is 0.0273. The minimum atomic E-state index is -0.684. The smallest absolute Gasteiger partial charge is 0.355 e. The zero-order chi connectivity index (χ0) is 20.7. The molecule has 7 heteroatoms. The molecule has 0 aliphatic carbocycles. The molecule has 1 N–H and O–H groups in total. The topological polar surface area (TPSA) is 84.9 Å². The second-order valence-corrected chi connectivity index (χ2v) is 6.12. The van der Waals surface area contributed by atoms with Crippen molar-refractivity contribution in [1.29, 1.82) is 0 Å². The summed E-state index contributed by atoms with van der Waals surface area (Å²) in [6.45, 7) is 3.79. The lowest BCUT2D eigenvalue weighted by Gasteiger charge is -2.25. The highest BCUT2D eigenvalue weighted by atomic mass is 16.5. The standard InChI is InChI=1S/C21H24N2O5/c1-5-8-18(24)22-15-11-10-14(2)17(13-15)23-12-7-6-9-16(20(25)27-3)19(23)21(26)28-4/h6-7,9-13H,5,8H2,1-4H3,(H,22,24). The van der Waals surface area contributed by atoms with Gasteiger partial charge in [0.25, 0.3) is 0 Å². The Kier molecular flexibility index (Phi) is 7.14. The van der Waals surface area contributed by atoms with Crippen molar-refractivity contribution < 1.29 is 23.9 Å². The van der Waals surface area contributed by atoms with Gasteiger partial charge >= 0.3 is 11.9 Å². The molecule has 0 fully saturated rings. The van der Waals surface area contributed by atoms with Crippen LogP contribution in [0.3, 0.4) is 0 Å². The van der Waals surface area contributed by atoms with Gasteiger partial charge in [-0.15, -0.1) is 0 Å². The maximum Gasteiger partial charge on any atom is 0.355 e. The SMILES string of the molecule is CCCC(=O)Nc1ccc(C)c(N2C=CC=CC(C(=O)OC)=C2C(=O)OC)c1. The third kappa shape index (κ3) is 4.68. The minimum Gasteiger partial charge on any atom is -0.465 e. The number of nitrogens with zero attached hydrogens (tertiary/aromatic N) is 1. The van der Waals surface area contributed by atoms with E-state index in [2.05, 4.69) is 5.32 Å². The highest BCUT2D eigenvalue weighted by Gasteiger charge is 2.28. The summed E-state index contributed by atoms with van der Waals surface area (Å²) in [5.41, 5.74) is 2.15. The Bertz CT molecular complexity index is 868. The van der Waals surface area contributed by atoms with E-state index in [4.69, 9.17) is 9.47 Å². The molecular formula is C21H24N2O5. The van der Waals surface area contributed by atoms with E-state index in [-0.39, 0.29) is 17.2 Å². The van der Waals surface area contributed by atoms with Gasteiger partial charge in [0.2, 0.25) is 5.91 Å². The second kappa shape index (κ2) is 9.55. The molecular weight excluding hydrogens is 360 g/mol. The fraction of sp³-hybridized carbons (Fsp3) is 0.286. The lowest BCUT2D eigenvalue weighted by molar-refractivity contribution is -0.139. The molecule has 28 heavy (non-hydrogen) atoms. The van der Waals surface area contributed by atoms with Gasteiger partial charge in [0.05, 0.1) is 25.5 Å². The van der Waals surface area contributed by atoms with Crippen molar-refractivity contribution in [2.45, 2.75) is 26.7 Å². The van der Waals surface area contributed by atoms with Gasteiger partial charge in [0.1, 0.15) is 5.70 Å². The van der Waals surface area contributed by atoms with Gasteiger partial charge in [-0.05, 0) is 43.2 Å². The average molecular weight is 384 g/mol. The van der Waals surface area contributed by atoms with Crippen molar-refractivity contribution in [3.8, 4) is 0 Å². The maximum absolute atomic E-state index is 12.5. The molecule has 0 spiro atoms. The first-order chi connectivity index (χ1) is 13.4.